The largest absolute Gasteiger partial charge is 0.493 e. The van der Waals surface area contributed by atoms with E-state index in [0.717, 1.165) is 11.0 Å². The fourth-order valence-corrected chi connectivity index (χ4v) is 3.61. The van der Waals surface area contributed by atoms with E-state index in [1.165, 1.54) is 25.2 Å². The number of nitrogens with zero attached hydrogens (tertiary/aromatic N) is 3. The zero-order valence-corrected chi connectivity index (χ0v) is 18.4. The van der Waals surface area contributed by atoms with E-state index in [2.05, 4.69) is 11.6 Å². The Labute approximate surface area is 185 Å². The molecule has 2 amide bonds. The number of carbonyl (C=O) groups is 2. The number of fused-ring (bicyclic) bond motifs is 1. The van der Waals surface area contributed by atoms with Crippen molar-refractivity contribution in [3.05, 3.63) is 53.9 Å². The Hall–Kier alpha value is -3.49. The van der Waals surface area contributed by atoms with Crippen LogP contribution in [0.4, 0.5) is 25.0 Å². The number of ketones is 1. The Kier molecular flexibility index (Phi) is 6.76. The Balaban J connectivity index is 2.09. The standard InChI is InChI=1S/C23H25F2N3O4/c1-6-16(29)8-7-15-9-17-14(11-26-15)12-27(23(30)28(17)13(2)3)22-20(24)18(31-4)10-19(32-5)21(22)25/h6,9-11,13H,1,7-8,12H2,2-5H3. The van der Waals surface area contributed by atoms with Gasteiger partial charge < -0.3 is 9.47 Å². The van der Waals surface area contributed by atoms with E-state index in [9.17, 15) is 9.59 Å². The molecule has 1 aliphatic heterocycles. The van der Waals surface area contributed by atoms with Gasteiger partial charge in [0.05, 0.1) is 26.5 Å². The number of pyridine rings is 1. The predicted octanol–water partition coefficient (Wildman–Crippen LogP) is 4.42. The number of ether oxygens (including phenoxy) is 2. The third-order valence-corrected chi connectivity index (χ3v) is 5.24. The summed E-state index contributed by atoms with van der Waals surface area (Å²) in [5.74, 6) is -2.59. The maximum absolute atomic E-state index is 15.1. The molecule has 32 heavy (non-hydrogen) atoms. The molecule has 2 aromatic rings. The van der Waals surface area contributed by atoms with Crippen molar-refractivity contribution in [3.63, 3.8) is 0 Å². The van der Waals surface area contributed by atoms with E-state index in [1.54, 1.807) is 26.1 Å². The summed E-state index contributed by atoms with van der Waals surface area (Å²) in [6.45, 7) is 6.95. The normalized spacial score (nSPS) is 13.3. The quantitative estimate of drug-likeness (QED) is 0.563. The number of rotatable bonds is 8. The number of hydrogen-bond donors (Lipinski definition) is 0. The average Bonchev–Trinajstić information content (AvgIpc) is 2.77. The van der Waals surface area contributed by atoms with Crippen LogP contribution in [0.15, 0.2) is 31.0 Å². The van der Waals surface area contributed by atoms with Gasteiger partial charge in [-0.3, -0.25) is 19.6 Å². The van der Waals surface area contributed by atoms with Gasteiger partial charge in [0.1, 0.15) is 5.69 Å². The Bertz CT molecular complexity index is 1040. The number of halogens is 2. The summed E-state index contributed by atoms with van der Waals surface area (Å²) >= 11 is 0. The summed E-state index contributed by atoms with van der Waals surface area (Å²) in [5.41, 5.74) is 1.28. The lowest BCUT2D eigenvalue weighted by molar-refractivity contribution is -0.114. The summed E-state index contributed by atoms with van der Waals surface area (Å²) in [7, 11) is 2.49. The van der Waals surface area contributed by atoms with Gasteiger partial charge in [0.15, 0.2) is 28.9 Å². The van der Waals surface area contributed by atoms with Crippen LogP contribution >= 0.6 is 0 Å². The van der Waals surface area contributed by atoms with Crippen molar-refractivity contribution in [1.29, 1.82) is 0 Å². The van der Waals surface area contributed by atoms with Gasteiger partial charge in [-0.1, -0.05) is 6.58 Å². The van der Waals surface area contributed by atoms with Crippen LogP contribution in [-0.2, 0) is 17.8 Å². The number of hydrogen-bond acceptors (Lipinski definition) is 5. The highest BCUT2D eigenvalue weighted by molar-refractivity contribution is 6.06. The predicted molar refractivity (Wildman–Crippen MR) is 116 cm³/mol. The second-order valence-electron chi connectivity index (χ2n) is 7.56. The maximum Gasteiger partial charge on any atom is 0.329 e. The summed E-state index contributed by atoms with van der Waals surface area (Å²) in [4.78, 5) is 31.8. The van der Waals surface area contributed by atoms with Gasteiger partial charge in [-0.05, 0) is 32.4 Å². The van der Waals surface area contributed by atoms with Crippen molar-refractivity contribution in [2.45, 2.75) is 39.3 Å². The molecule has 2 heterocycles. The van der Waals surface area contributed by atoms with Crippen LogP contribution in [0, 0.1) is 11.6 Å². The van der Waals surface area contributed by atoms with Gasteiger partial charge in [0, 0.05) is 36.0 Å². The van der Waals surface area contributed by atoms with Crippen molar-refractivity contribution in [3.8, 4) is 11.5 Å². The molecule has 0 unspecified atom stereocenters. The second kappa shape index (κ2) is 9.33. The Morgan fingerprint density at radius 1 is 1.22 bits per heavy atom. The van der Waals surface area contributed by atoms with Crippen LogP contribution in [0.3, 0.4) is 0 Å². The highest BCUT2D eigenvalue weighted by Crippen LogP contribution is 2.41. The lowest BCUT2D eigenvalue weighted by Gasteiger charge is -2.39. The fourth-order valence-electron chi connectivity index (χ4n) is 3.61. The highest BCUT2D eigenvalue weighted by atomic mass is 19.1. The molecule has 0 radical (unpaired) electrons. The van der Waals surface area contributed by atoms with Crippen molar-refractivity contribution in [1.82, 2.24) is 4.98 Å². The van der Waals surface area contributed by atoms with Crippen molar-refractivity contribution >= 4 is 23.2 Å². The molecule has 1 aliphatic rings. The molecule has 0 atom stereocenters. The molecular formula is C23H25F2N3O4. The van der Waals surface area contributed by atoms with E-state index in [1.807, 2.05) is 0 Å². The number of methoxy groups -OCH3 is 2. The zero-order chi connectivity index (χ0) is 23.6. The number of urea groups is 1. The lowest BCUT2D eigenvalue weighted by Crippen LogP contribution is -2.51. The third-order valence-electron chi connectivity index (χ3n) is 5.24. The van der Waals surface area contributed by atoms with Crippen LogP contribution in [0.25, 0.3) is 0 Å². The minimum atomic E-state index is -1.00. The molecule has 0 spiro atoms. The van der Waals surface area contributed by atoms with Crippen LogP contribution in [0.1, 0.15) is 31.5 Å². The smallest absolute Gasteiger partial charge is 0.329 e. The molecule has 1 aromatic carbocycles. The van der Waals surface area contributed by atoms with Crippen LogP contribution in [-0.4, -0.2) is 37.1 Å². The maximum atomic E-state index is 15.1. The zero-order valence-electron chi connectivity index (χ0n) is 18.4. The van der Waals surface area contributed by atoms with Gasteiger partial charge in [-0.2, -0.15) is 0 Å². The molecule has 0 fully saturated rings. The minimum Gasteiger partial charge on any atom is -0.493 e. The molecule has 7 nitrogen and oxygen atoms in total. The monoisotopic (exact) mass is 445 g/mol. The van der Waals surface area contributed by atoms with Crippen molar-refractivity contribution in [2.24, 2.45) is 0 Å². The summed E-state index contributed by atoms with van der Waals surface area (Å²) in [5, 5.41) is 0. The van der Waals surface area contributed by atoms with Gasteiger partial charge in [-0.25, -0.2) is 13.6 Å². The molecule has 9 heteroatoms. The molecule has 0 saturated carbocycles. The van der Waals surface area contributed by atoms with Crippen molar-refractivity contribution < 1.29 is 27.8 Å². The van der Waals surface area contributed by atoms with E-state index in [-0.39, 0.29) is 36.3 Å². The fraction of sp³-hybridized carbons (Fsp3) is 0.348. The number of amides is 2. The van der Waals surface area contributed by atoms with Gasteiger partial charge in [-0.15, -0.1) is 0 Å². The van der Waals surface area contributed by atoms with E-state index in [0.29, 0.717) is 23.4 Å². The highest BCUT2D eigenvalue weighted by Gasteiger charge is 2.37. The summed E-state index contributed by atoms with van der Waals surface area (Å²) in [6.07, 6.45) is 3.45. The SMILES string of the molecule is C=CC(=O)CCc1cc2c(cn1)CN(c1c(F)c(OC)cc(OC)c1F)C(=O)N2C(C)C. The molecule has 0 saturated heterocycles. The third kappa shape index (κ3) is 4.15. The van der Waals surface area contributed by atoms with E-state index >= 15 is 8.78 Å². The molecule has 170 valence electrons. The Morgan fingerprint density at radius 3 is 2.38 bits per heavy atom. The van der Waals surface area contributed by atoms with Gasteiger partial charge in [0.2, 0.25) is 0 Å². The van der Waals surface area contributed by atoms with E-state index in [4.69, 9.17) is 9.47 Å². The number of aryl methyl sites for hydroxylation is 1. The number of benzene rings is 1. The minimum absolute atomic E-state index is 0.0968. The Morgan fingerprint density at radius 2 is 1.84 bits per heavy atom. The summed E-state index contributed by atoms with van der Waals surface area (Å²) < 4.78 is 40.2. The number of anilines is 2. The lowest BCUT2D eigenvalue weighted by atomic mass is 10.1. The topological polar surface area (TPSA) is 72.0 Å². The molecule has 3 rings (SSSR count). The van der Waals surface area contributed by atoms with E-state index < -0.39 is 23.4 Å². The molecule has 1 aromatic heterocycles. The molecule has 0 bridgehead atoms. The van der Waals surface area contributed by atoms with Gasteiger partial charge in [0.25, 0.3) is 0 Å². The number of carbonyl (C=O) groups excluding carboxylic acids is 2. The molecular weight excluding hydrogens is 420 g/mol. The van der Waals surface area contributed by atoms with Gasteiger partial charge >= 0.3 is 6.03 Å². The van der Waals surface area contributed by atoms with Crippen LogP contribution in [0.2, 0.25) is 0 Å². The average molecular weight is 445 g/mol. The second-order valence-corrected chi connectivity index (χ2v) is 7.56. The molecule has 0 aliphatic carbocycles. The first-order valence-corrected chi connectivity index (χ1v) is 10.1. The first kappa shape index (κ1) is 23.2. The first-order valence-electron chi connectivity index (χ1n) is 10.1. The molecule has 0 N–H and O–H groups in total. The summed E-state index contributed by atoms with van der Waals surface area (Å²) in [6, 6.07) is 1.92. The van der Waals surface area contributed by atoms with Crippen LogP contribution in [0.5, 0.6) is 11.5 Å². The number of allylic oxidation sites excluding steroid dienone is 1. The number of aromatic nitrogens is 1. The first-order chi connectivity index (χ1) is 15.2. The van der Waals surface area contributed by atoms with Crippen molar-refractivity contribution in [2.75, 3.05) is 24.0 Å². The van der Waals surface area contributed by atoms with Crippen LogP contribution < -0.4 is 19.3 Å².